The van der Waals surface area contributed by atoms with Crippen LogP contribution >= 0.6 is 11.6 Å². The molecule has 7 nitrogen and oxygen atoms in total. The lowest BCUT2D eigenvalue weighted by Crippen LogP contribution is -2.29. The van der Waals surface area contributed by atoms with Gasteiger partial charge in [-0.05, 0) is 54.0 Å². The molecule has 4 aromatic rings. The first kappa shape index (κ1) is 23.5. The van der Waals surface area contributed by atoms with Gasteiger partial charge in [-0.3, -0.25) is 0 Å². The number of alkyl halides is 1. The highest BCUT2D eigenvalue weighted by Crippen LogP contribution is 2.47. The molecule has 5 rings (SSSR count). The summed E-state index contributed by atoms with van der Waals surface area (Å²) in [5.41, 5.74) is 11.7. The van der Waals surface area contributed by atoms with Crippen molar-refractivity contribution in [2.45, 2.75) is 24.3 Å². The smallest absolute Gasteiger partial charge is 0.214 e. The number of hydrogen-bond acceptors (Lipinski definition) is 7. The van der Waals surface area contributed by atoms with Gasteiger partial charge in [0.15, 0.2) is 5.58 Å². The molecule has 2 heterocycles. The maximum Gasteiger partial charge on any atom is 0.214 e. The van der Waals surface area contributed by atoms with Crippen molar-refractivity contribution in [3.05, 3.63) is 95.5 Å². The number of pyridine rings is 1. The van der Waals surface area contributed by atoms with Gasteiger partial charge in [-0.1, -0.05) is 30.4 Å². The molecule has 3 N–H and O–H groups in total. The fraction of sp³-hybridized carbons (Fsp3) is 0.179. The molecule has 0 bridgehead atoms. The summed E-state index contributed by atoms with van der Waals surface area (Å²) in [6.07, 6.45) is 7.58. The number of allylic oxidation sites excluding steroid dienone is 4. The molecule has 0 amide bonds. The van der Waals surface area contributed by atoms with Gasteiger partial charge in [0, 0.05) is 30.2 Å². The van der Waals surface area contributed by atoms with E-state index in [1.807, 2.05) is 61.5 Å². The van der Waals surface area contributed by atoms with Crippen LogP contribution in [0.1, 0.15) is 35.4 Å². The Hall–Kier alpha value is -4.28. The number of nitrogens with two attached hydrogens (primary N) is 1. The average Bonchev–Trinajstić information content (AvgIpc) is 3.30. The van der Waals surface area contributed by atoms with Crippen molar-refractivity contribution in [1.29, 1.82) is 5.26 Å². The largest absolute Gasteiger partial charge is 0.481 e. The van der Waals surface area contributed by atoms with Crippen molar-refractivity contribution in [3.63, 3.8) is 0 Å². The van der Waals surface area contributed by atoms with E-state index in [9.17, 15) is 5.26 Å². The van der Waals surface area contributed by atoms with Crippen LogP contribution < -0.4 is 15.8 Å². The summed E-state index contributed by atoms with van der Waals surface area (Å²) in [4.78, 5) is 8.05. The third-order valence-corrected chi connectivity index (χ3v) is 6.71. The van der Waals surface area contributed by atoms with E-state index < -0.39 is 4.87 Å². The fourth-order valence-electron chi connectivity index (χ4n) is 4.43. The highest BCUT2D eigenvalue weighted by Gasteiger charge is 2.40. The summed E-state index contributed by atoms with van der Waals surface area (Å²) in [5, 5.41) is 13.1. The van der Waals surface area contributed by atoms with E-state index in [1.54, 1.807) is 25.4 Å². The second-order valence-corrected chi connectivity index (χ2v) is 9.53. The lowest BCUT2D eigenvalue weighted by Gasteiger charge is -2.33. The van der Waals surface area contributed by atoms with Crippen molar-refractivity contribution < 1.29 is 9.15 Å². The van der Waals surface area contributed by atoms with E-state index in [-0.39, 0.29) is 5.92 Å². The summed E-state index contributed by atoms with van der Waals surface area (Å²) < 4.78 is 11.3. The normalized spacial score (nSPS) is 19.1. The minimum Gasteiger partial charge on any atom is -0.481 e. The molecule has 1 aliphatic carbocycles. The van der Waals surface area contributed by atoms with Crippen LogP contribution in [0.4, 0.5) is 11.4 Å². The van der Waals surface area contributed by atoms with Crippen LogP contribution in [0, 0.1) is 11.3 Å². The summed E-state index contributed by atoms with van der Waals surface area (Å²) in [6.45, 7) is 2.43. The third-order valence-electron chi connectivity index (χ3n) is 6.27. The number of nitrogen functional groups attached to an aromatic ring is 1. The zero-order valence-corrected chi connectivity index (χ0v) is 20.6. The van der Waals surface area contributed by atoms with Gasteiger partial charge in [-0.25, -0.2) is 9.97 Å². The molecule has 2 unspecified atom stereocenters. The molecule has 2 aromatic carbocycles. The molecule has 8 heteroatoms. The number of halogens is 1. The minimum atomic E-state index is -0.832. The van der Waals surface area contributed by atoms with Crippen molar-refractivity contribution in [3.8, 4) is 11.9 Å². The number of hydrogen-bond donors (Lipinski definition) is 2. The second kappa shape index (κ2) is 9.40. The number of oxazole rings is 1. The monoisotopic (exact) mass is 497 g/mol. The van der Waals surface area contributed by atoms with E-state index in [0.29, 0.717) is 40.7 Å². The Kier molecular flexibility index (Phi) is 6.13. The minimum absolute atomic E-state index is 0.342. The molecule has 0 saturated carbocycles. The highest BCUT2D eigenvalue weighted by molar-refractivity contribution is 6.31. The Morgan fingerprint density at radius 2 is 2.11 bits per heavy atom. The van der Waals surface area contributed by atoms with Crippen molar-refractivity contribution in [1.82, 2.24) is 9.97 Å². The predicted molar refractivity (Wildman–Crippen MR) is 142 cm³/mol. The van der Waals surface area contributed by atoms with Gasteiger partial charge in [0.1, 0.15) is 11.6 Å². The molecule has 0 saturated heterocycles. The zero-order chi connectivity index (χ0) is 25.3. The summed E-state index contributed by atoms with van der Waals surface area (Å²) in [7, 11) is 1.57. The summed E-state index contributed by atoms with van der Waals surface area (Å²) in [6, 6.07) is 17.2. The zero-order valence-electron chi connectivity index (χ0n) is 19.8. The molecule has 0 spiro atoms. The molecule has 0 fully saturated rings. The predicted octanol–water partition coefficient (Wildman–Crippen LogP) is 6.03. The van der Waals surface area contributed by atoms with E-state index in [4.69, 9.17) is 31.5 Å². The topological polar surface area (TPSA) is 110 Å². The lowest BCUT2D eigenvalue weighted by molar-refractivity contribution is 0.398. The number of rotatable bonds is 6. The van der Waals surface area contributed by atoms with E-state index >= 15 is 0 Å². The standard InChI is InChI=1S/C28H24ClN5O2/c1-28(29)22(18-5-3-6-20(31)13-18)7-4-8-23(28)27-34-24-12-17(11-19(15-30)26(24)36-27)16-33-21-9-10-32-25(14-21)35-2/h3-14,23H,16,31H2,1-2H3,(H,32,33). The van der Waals surface area contributed by atoms with Gasteiger partial charge in [0.2, 0.25) is 11.8 Å². The molecule has 1 aliphatic rings. The quantitative estimate of drug-likeness (QED) is 0.247. The number of aromatic nitrogens is 2. The average molecular weight is 498 g/mol. The Morgan fingerprint density at radius 3 is 2.89 bits per heavy atom. The van der Waals surface area contributed by atoms with Gasteiger partial charge in [0.25, 0.3) is 0 Å². The first-order valence-corrected chi connectivity index (χ1v) is 11.8. The van der Waals surface area contributed by atoms with E-state index in [1.165, 1.54) is 0 Å². The number of fused-ring (bicyclic) bond motifs is 1. The van der Waals surface area contributed by atoms with Crippen LogP contribution in [-0.4, -0.2) is 22.0 Å². The number of benzene rings is 2. The first-order chi connectivity index (χ1) is 17.4. The van der Waals surface area contributed by atoms with E-state index in [2.05, 4.69) is 16.4 Å². The molecule has 0 radical (unpaired) electrons. The third kappa shape index (κ3) is 4.39. The Balaban J connectivity index is 1.46. The number of nitrogens with zero attached hydrogens (tertiary/aromatic N) is 3. The van der Waals surface area contributed by atoms with Crippen molar-refractivity contribution in [2.75, 3.05) is 18.2 Å². The van der Waals surface area contributed by atoms with Crippen LogP contribution in [0.25, 0.3) is 16.7 Å². The molecule has 0 aliphatic heterocycles. The molecule has 2 aromatic heterocycles. The van der Waals surface area contributed by atoms with Gasteiger partial charge in [0.05, 0.1) is 23.5 Å². The van der Waals surface area contributed by atoms with Gasteiger partial charge >= 0.3 is 0 Å². The van der Waals surface area contributed by atoms with E-state index in [0.717, 1.165) is 22.4 Å². The summed E-state index contributed by atoms with van der Waals surface area (Å²) in [5.74, 6) is 0.629. The number of methoxy groups -OCH3 is 1. The number of nitrogens with one attached hydrogen (secondary N) is 1. The highest BCUT2D eigenvalue weighted by atomic mass is 35.5. The van der Waals surface area contributed by atoms with Gasteiger partial charge < -0.3 is 20.2 Å². The maximum atomic E-state index is 9.81. The fourth-order valence-corrected chi connectivity index (χ4v) is 4.77. The Bertz CT molecular complexity index is 1550. The SMILES string of the molecule is COc1cc(NCc2cc(C#N)c3oc(C4C=CC=C(c5cccc(N)c5)C4(C)Cl)nc3c2)ccn1. The van der Waals surface area contributed by atoms with Gasteiger partial charge in [-0.15, -0.1) is 11.6 Å². The maximum absolute atomic E-state index is 9.81. The number of nitriles is 1. The van der Waals surface area contributed by atoms with Crippen LogP contribution in [0.5, 0.6) is 5.88 Å². The second-order valence-electron chi connectivity index (χ2n) is 8.74. The lowest BCUT2D eigenvalue weighted by atomic mass is 9.79. The molecule has 180 valence electrons. The van der Waals surface area contributed by atoms with Crippen LogP contribution in [0.3, 0.4) is 0 Å². The Labute approximate surface area is 213 Å². The first-order valence-electron chi connectivity index (χ1n) is 11.4. The Morgan fingerprint density at radius 1 is 1.25 bits per heavy atom. The molecular formula is C28H24ClN5O2. The van der Waals surface area contributed by atoms with Crippen LogP contribution in [-0.2, 0) is 6.54 Å². The molecule has 36 heavy (non-hydrogen) atoms. The number of ether oxygens (including phenoxy) is 1. The van der Waals surface area contributed by atoms with Crippen LogP contribution in [0.15, 0.2) is 77.4 Å². The molecular weight excluding hydrogens is 474 g/mol. The van der Waals surface area contributed by atoms with Crippen LogP contribution in [0.2, 0.25) is 0 Å². The number of anilines is 2. The van der Waals surface area contributed by atoms with Gasteiger partial charge in [-0.2, -0.15) is 5.26 Å². The van der Waals surface area contributed by atoms with Crippen molar-refractivity contribution >= 4 is 39.6 Å². The van der Waals surface area contributed by atoms with Crippen molar-refractivity contribution in [2.24, 2.45) is 0 Å². The molecule has 2 atom stereocenters. The summed E-state index contributed by atoms with van der Waals surface area (Å²) >= 11 is 7.15.